The summed E-state index contributed by atoms with van der Waals surface area (Å²) in [5, 5.41) is 9.31. The van der Waals surface area contributed by atoms with Crippen molar-refractivity contribution in [3.05, 3.63) is 47.8 Å². The van der Waals surface area contributed by atoms with Crippen LogP contribution in [0.2, 0.25) is 0 Å². The molecular weight excluding hydrogens is 200 g/mol. The minimum atomic E-state index is -0.602. The van der Waals surface area contributed by atoms with Crippen LogP contribution in [0.4, 0.5) is 14.5 Å². The van der Waals surface area contributed by atoms with Crippen LogP contribution in [0.3, 0.4) is 0 Å². The van der Waals surface area contributed by atoms with Crippen molar-refractivity contribution < 1.29 is 8.78 Å². The van der Waals surface area contributed by atoms with E-state index in [1.807, 2.05) is 0 Å². The van der Waals surface area contributed by atoms with Gasteiger partial charge in [0.15, 0.2) is 0 Å². The van der Waals surface area contributed by atoms with Gasteiger partial charge >= 0.3 is 0 Å². The molecule has 1 aromatic carbocycles. The van der Waals surface area contributed by atoms with Gasteiger partial charge in [0.1, 0.15) is 11.6 Å². The molecule has 1 aromatic heterocycles. The summed E-state index contributed by atoms with van der Waals surface area (Å²) in [5.41, 5.74) is 1.10. The molecule has 0 atom stereocenters. The maximum atomic E-state index is 13.2. The van der Waals surface area contributed by atoms with E-state index in [-0.39, 0.29) is 5.69 Å². The van der Waals surface area contributed by atoms with E-state index >= 15 is 0 Å². The van der Waals surface area contributed by atoms with Crippen molar-refractivity contribution in [2.24, 2.45) is 0 Å². The molecule has 0 unspecified atom stereocenters. The van der Waals surface area contributed by atoms with Crippen molar-refractivity contribution in [3.63, 3.8) is 0 Å². The number of anilines is 1. The van der Waals surface area contributed by atoms with Crippen LogP contribution >= 0.6 is 0 Å². The number of aromatic amines is 1. The lowest BCUT2D eigenvalue weighted by Gasteiger charge is -2.05. The van der Waals surface area contributed by atoms with Gasteiger partial charge in [-0.05, 0) is 18.2 Å². The molecule has 0 spiro atoms. The third-order valence-corrected chi connectivity index (χ3v) is 1.96. The smallest absolute Gasteiger partial charge is 0.149 e. The number of nitrogens with one attached hydrogen (secondary N) is 2. The van der Waals surface area contributed by atoms with Gasteiger partial charge < -0.3 is 5.32 Å². The van der Waals surface area contributed by atoms with E-state index in [1.54, 1.807) is 12.3 Å². The predicted molar refractivity (Wildman–Crippen MR) is 52.3 cm³/mol. The quantitative estimate of drug-likeness (QED) is 0.814. The zero-order valence-electron chi connectivity index (χ0n) is 7.80. The topological polar surface area (TPSA) is 40.7 Å². The molecular formula is C10H9F2N3. The summed E-state index contributed by atoms with van der Waals surface area (Å²) >= 11 is 0. The highest BCUT2D eigenvalue weighted by molar-refractivity contribution is 5.44. The Morgan fingerprint density at radius 1 is 1.27 bits per heavy atom. The summed E-state index contributed by atoms with van der Waals surface area (Å²) < 4.78 is 25.7. The third-order valence-electron chi connectivity index (χ3n) is 1.96. The van der Waals surface area contributed by atoms with Crippen molar-refractivity contribution in [1.82, 2.24) is 10.2 Å². The number of H-pyrrole nitrogens is 1. The van der Waals surface area contributed by atoms with E-state index in [0.29, 0.717) is 6.54 Å². The van der Waals surface area contributed by atoms with Crippen LogP contribution in [-0.2, 0) is 6.54 Å². The second-order valence-electron chi connectivity index (χ2n) is 3.06. The van der Waals surface area contributed by atoms with Crippen molar-refractivity contribution in [2.45, 2.75) is 6.54 Å². The zero-order valence-corrected chi connectivity index (χ0v) is 7.80. The van der Waals surface area contributed by atoms with Crippen LogP contribution in [0.25, 0.3) is 0 Å². The first kappa shape index (κ1) is 9.64. The van der Waals surface area contributed by atoms with Gasteiger partial charge in [0, 0.05) is 12.3 Å². The summed E-state index contributed by atoms with van der Waals surface area (Å²) in [7, 11) is 0. The number of hydrogen-bond acceptors (Lipinski definition) is 2. The summed E-state index contributed by atoms with van der Waals surface area (Å²) in [6.45, 7) is 0.419. The average molecular weight is 209 g/mol. The monoisotopic (exact) mass is 209 g/mol. The highest BCUT2D eigenvalue weighted by atomic mass is 19.1. The second kappa shape index (κ2) is 4.08. The number of nitrogens with zero attached hydrogens (tertiary/aromatic N) is 1. The van der Waals surface area contributed by atoms with Crippen molar-refractivity contribution in [3.8, 4) is 0 Å². The molecule has 2 rings (SSSR count). The maximum Gasteiger partial charge on any atom is 0.149 e. The molecule has 0 aliphatic heterocycles. The highest BCUT2D eigenvalue weighted by Crippen LogP contribution is 2.15. The molecule has 0 saturated heterocycles. The summed E-state index contributed by atoms with van der Waals surface area (Å²) in [6, 6.07) is 5.18. The molecule has 0 aliphatic carbocycles. The minimum absolute atomic E-state index is 0.269. The van der Waals surface area contributed by atoms with Gasteiger partial charge in [-0.25, -0.2) is 8.78 Å². The van der Waals surface area contributed by atoms with Gasteiger partial charge in [-0.3, -0.25) is 5.10 Å². The van der Waals surface area contributed by atoms with E-state index in [2.05, 4.69) is 15.5 Å². The van der Waals surface area contributed by atoms with Crippen LogP contribution in [0.5, 0.6) is 0 Å². The molecule has 0 bridgehead atoms. The fourth-order valence-corrected chi connectivity index (χ4v) is 1.21. The summed E-state index contributed by atoms with van der Waals surface area (Å²) in [5.74, 6) is -1.19. The van der Waals surface area contributed by atoms with Gasteiger partial charge in [-0.2, -0.15) is 5.10 Å². The lowest BCUT2D eigenvalue weighted by molar-refractivity contribution is 0.585. The number of halogens is 2. The third kappa shape index (κ3) is 2.31. The Bertz CT molecular complexity index is 440. The standard InChI is InChI=1S/C10H9F2N3/c11-7-1-2-10(9(12)5-7)13-6-8-3-4-14-15-8/h1-5,13H,6H2,(H,14,15). The molecule has 3 nitrogen and oxygen atoms in total. The second-order valence-corrected chi connectivity index (χ2v) is 3.06. The van der Waals surface area contributed by atoms with Gasteiger partial charge in [-0.15, -0.1) is 0 Å². The van der Waals surface area contributed by atoms with Gasteiger partial charge in [0.25, 0.3) is 0 Å². The first-order valence-corrected chi connectivity index (χ1v) is 4.43. The average Bonchev–Trinajstić information content (AvgIpc) is 2.69. The molecule has 78 valence electrons. The van der Waals surface area contributed by atoms with Crippen LogP contribution in [0.1, 0.15) is 5.69 Å². The molecule has 2 N–H and O–H groups in total. The lowest BCUT2D eigenvalue weighted by Crippen LogP contribution is -2.02. The van der Waals surface area contributed by atoms with E-state index < -0.39 is 11.6 Å². The van der Waals surface area contributed by atoms with E-state index in [9.17, 15) is 8.78 Å². The summed E-state index contributed by atoms with van der Waals surface area (Å²) in [4.78, 5) is 0. The minimum Gasteiger partial charge on any atom is -0.377 e. The molecule has 0 fully saturated rings. The maximum absolute atomic E-state index is 13.2. The Balaban J connectivity index is 2.05. The predicted octanol–water partition coefficient (Wildman–Crippen LogP) is 2.30. The molecule has 15 heavy (non-hydrogen) atoms. The Hall–Kier alpha value is -1.91. The van der Waals surface area contributed by atoms with Gasteiger partial charge in [0.2, 0.25) is 0 Å². The fraction of sp³-hybridized carbons (Fsp3) is 0.100. The van der Waals surface area contributed by atoms with Crippen molar-refractivity contribution in [2.75, 3.05) is 5.32 Å². The van der Waals surface area contributed by atoms with Gasteiger partial charge in [0.05, 0.1) is 17.9 Å². The Labute approximate surface area is 85.1 Å². The molecule has 1 heterocycles. The molecule has 0 amide bonds. The van der Waals surface area contributed by atoms with Crippen LogP contribution in [0, 0.1) is 11.6 Å². The Morgan fingerprint density at radius 3 is 2.80 bits per heavy atom. The molecule has 5 heteroatoms. The number of rotatable bonds is 3. The van der Waals surface area contributed by atoms with E-state index in [0.717, 1.165) is 11.8 Å². The lowest BCUT2D eigenvalue weighted by atomic mass is 10.3. The first-order chi connectivity index (χ1) is 7.25. The summed E-state index contributed by atoms with van der Waals surface area (Å²) in [6.07, 6.45) is 1.61. The van der Waals surface area contributed by atoms with Crippen LogP contribution in [0.15, 0.2) is 30.5 Å². The normalized spacial score (nSPS) is 10.3. The Kier molecular flexibility index (Phi) is 2.62. The highest BCUT2D eigenvalue weighted by Gasteiger charge is 2.03. The largest absolute Gasteiger partial charge is 0.377 e. The Morgan fingerprint density at radius 2 is 2.13 bits per heavy atom. The zero-order chi connectivity index (χ0) is 10.7. The van der Waals surface area contributed by atoms with Crippen LogP contribution in [-0.4, -0.2) is 10.2 Å². The number of benzene rings is 1. The van der Waals surface area contributed by atoms with E-state index in [4.69, 9.17) is 0 Å². The molecule has 2 aromatic rings. The number of hydrogen-bond donors (Lipinski definition) is 2. The molecule has 0 aliphatic rings. The fourth-order valence-electron chi connectivity index (χ4n) is 1.21. The molecule has 0 radical (unpaired) electrons. The van der Waals surface area contributed by atoms with E-state index in [1.165, 1.54) is 12.1 Å². The molecule has 0 saturated carbocycles. The SMILES string of the molecule is Fc1ccc(NCc2ccn[nH]2)c(F)c1. The van der Waals surface area contributed by atoms with Crippen molar-refractivity contribution >= 4 is 5.69 Å². The van der Waals surface area contributed by atoms with Gasteiger partial charge in [-0.1, -0.05) is 0 Å². The first-order valence-electron chi connectivity index (χ1n) is 4.43. The van der Waals surface area contributed by atoms with Crippen molar-refractivity contribution in [1.29, 1.82) is 0 Å². The number of aromatic nitrogens is 2. The van der Waals surface area contributed by atoms with Crippen LogP contribution < -0.4 is 5.32 Å².